The molecule has 23 heavy (non-hydrogen) atoms. The maximum absolute atomic E-state index is 11.4. The second kappa shape index (κ2) is 6.74. The molecular weight excluding hydrogens is 292 g/mol. The van der Waals surface area contributed by atoms with Crippen LogP contribution in [0.2, 0.25) is 0 Å². The highest BCUT2D eigenvalue weighted by Gasteiger charge is 2.11. The lowest BCUT2D eigenvalue weighted by Gasteiger charge is -2.06. The average molecular weight is 308 g/mol. The van der Waals surface area contributed by atoms with Gasteiger partial charge in [0.15, 0.2) is 0 Å². The summed E-state index contributed by atoms with van der Waals surface area (Å²) in [5, 5.41) is 3.29. The van der Waals surface area contributed by atoms with Crippen LogP contribution >= 0.6 is 0 Å². The zero-order chi connectivity index (χ0) is 16.1. The van der Waals surface area contributed by atoms with Crippen LogP contribution in [0.4, 0.5) is 0 Å². The Morgan fingerprint density at radius 3 is 2.91 bits per heavy atom. The van der Waals surface area contributed by atoms with Crippen molar-refractivity contribution in [3.8, 4) is 5.88 Å². The lowest BCUT2D eigenvalue weighted by atomic mass is 10.2. The smallest absolute Gasteiger partial charge is 0.243 e. The van der Waals surface area contributed by atoms with Crippen LogP contribution in [0.3, 0.4) is 0 Å². The average Bonchev–Trinajstić information content (AvgIpc) is 3.02. The number of carbonyl (C=O) groups is 1. The number of nitrogens with one attached hydrogen (secondary N) is 2. The summed E-state index contributed by atoms with van der Waals surface area (Å²) >= 11 is 0. The van der Waals surface area contributed by atoms with Gasteiger partial charge in [-0.05, 0) is 11.6 Å². The molecule has 0 fully saturated rings. The molecule has 3 aromatic rings. The summed E-state index contributed by atoms with van der Waals surface area (Å²) in [6, 6.07) is 9.86. The minimum Gasteiger partial charge on any atom is -0.472 e. The number of nitrogens with zero attached hydrogens (tertiary/aromatic N) is 2. The Balaban J connectivity index is 1.89. The fraction of sp³-hybridized carbons (Fsp3) is 0.118. The number of fused-ring (bicyclic) bond motifs is 1. The third-order valence-electron chi connectivity index (χ3n) is 3.34. The highest BCUT2D eigenvalue weighted by Crippen LogP contribution is 2.26. The first-order valence-electron chi connectivity index (χ1n) is 7.16. The Labute approximate surface area is 133 Å². The van der Waals surface area contributed by atoms with Gasteiger partial charge in [-0.15, -0.1) is 0 Å². The molecule has 0 aliphatic heterocycles. The van der Waals surface area contributed by atoms with E-state index in [1.165, 1.54) is 12.4 Å². The van der Waals surface area contributed by atoms with E-state index in [4.69, 9.17) is 4.74 Å². The quantitative estimate of drug-likeness (QED) is 0.709. The van der Waals surface area contributed by atoms with Crippen LogP contribution in [-0.4, -0.2) is 27.9 Å². The van der Waals surface area contributed by atoms with E-state index in [1.807, 2.05) is 30.3 Å². The molecule has 0 atom stereocenters. The lowest BCUT2D eigenvalue weighted by molar-refractivity contribution is -0.115. The van der Waals surface area contributed by atoms with Crippen LogP contribution in [0.25, 0.3) is 17.1 Å². The number of amides is 1. The minimum absolute atomic E-state index is 0.178. The molecule has 2 aromatic heterocycles. The number of likely N-dealkylation sites (N-methyl/N-ethyl adjacent to an activating group) is 1. The van der Waals surface area contributed by atoms with Crippen molar-refractivity contribution in [3.05, 3.63) is 60.1 Å². The van der Waals surface area contributed by atoms with Crippen LogP contribution in [-0.2, 0) is 11.4 Å². The molecule has 2 N–H and O–H groups in total. The van der Waals surface area contributed by atoms with E-state index in [2.05, 4.69) is 20.3 Å². The van der Waals surface area contributed by atoms with E-state index >= 15 is 0 Å². The second-order valence-electron chi connectivity index (χ2n) is 4.87. The van der Waals surface area contributed by atoms with E-state index in [-0.39, 0.29) is 5.91 Å². The first-order valence-corrected chi connectivity index (χ1v) is 7.16. The Hall–Kier alpha value is -3.15. The van der Waals surface area contributed by atoms with Crippen LogP contribution in [0, 0.1) is 0 Å². The molecule has 0 saturated carbocycles. The first kappa shape index (κ1) is 14.8. The van der Waals surface area contributed by atoms with Crippen LogP contribution in [0.15, 0.2) is 48.9 Å². The van der Waals surface area contributed by atoms with Gasteiger partial charge < -0.3 is 15.0 Å². The van der Waals surface area contributed by atoms with Crippen LogP contribution in [0.5, 0.6) is 5.88 Å². The fourth-order valence-electron chi connectivity index (χ4n) is 2.17. The predicted molar refractivity (Wildman–Crippen MR) is 87.8 cm³/mol. The predicted octanol–water partition coefficient (Wildman–Crippen LogP) is 2.30. The molecule has 1 amide bonds. The molecule has 3 rings (SSSR count). The van der Waals surface area contributed by atoms with E-state index in [9.17, 15) is 4.79 Å². The van der Waals surface area contributed by atoms with Crippen molar-refractivity contribution in [1.82, 2.24) is 20.3 Å². The van der Waals surface area contributed by atoms with Crippen molar-refractivity contribution in [2.45, 2.75) is 6.61 Å². The molecule has 0 unspecified atom stereocenters. The molecule has 0 aliphatic carbocycles. The molecule has 0 saturated heterocycles. The fourth-order valence-corrected chi connectivity index (χ4v) is 2.17. The number of carbonyl (C=O) groups excluding carboxylic acids is 1. The van der Waals surface area contributed by atoms with Crippen molar-refractivity contribution in [2.24, 2.45) is 0 Å². The largest absolute Gasteiger partial charge is 0.472 e. The number of H-pyrrole nitrogens is 1. The zero-order valence-electron chi connectivity index (χ0n) is 12.6. The highest BCUT2D eigenvalue weighted by molar-refractivity contribution is 5.96. The van der Waals surface area contributed by atoms with Gasteiger partial charge in [-0.3, -0.25) is 4.79 Å². The number of rotatable bonds is 5. The molecular formula is C17H16N4O2. The van der Waals surface area contributed by atoms with Crippen LogP contribution < -0.4 is 10.1 Å². The van der Waals surface area contributed by atoms with Crippen molar-refractivity contribution in [1.29, 1.82) is 0 Å². The van der Waals surface area contributed by atoms with Crippen molar-refractivity contribution in [3.63, 3.8) is 0 Å². The molecule has 116 valence electrons. The minimum atomic E-state index is -0.178. The molecule has 0 bridgehead atoms. The van der Waals surface area contributed by atoms with Gasteiger partial charge in [0, 0.05) is 24.9 Å². The zero-order valence-corrected chi connectivity index (χ0v) is 12.6. The van der Waals surface area contributed by atoms with Gasteiger partial charge in [0.05, 0.1) is 5.39 Å². The number of benzene rings is 1. The third kappa shape index (κ3) is 3.37. The summed E-state index contributed by atoms with van der Waals surface area (Å²) in [4.78, 5) is 22.8. The topological polar surface area (TPSA) is 79.9 Å². The second-order valence-corrected chi connectivity index (χ2v) is 4.87. The van der Waals surface area contributed by atoms with E-state index < -0.39 is 0 Å². The molecule has 0 spiro atoms. The third-order valence-corrected chi connectivity index (χ3v) is 3.34. The van der Waals surface area contributed by atoms with Gasteiger partial charge in [0.25, 0.3) is 0 Å². The Morgan fingerprint density at radius 2 is 2.13 bits per heavy atom. The van der Waals surface area contributed by atoms with E-state index in [0.29, 0.717) is 18.1 Å². The summed E-state index contributed by atoms with van der Waals surface area (Å²) in [6.45, 7) is 0.413. The van der Waals surface area contributed by atoms with E-state index in [1.54, 1.807) is 19.3 Å². The van der Waals surface area contributed by atoms with Crippen molar-refractivity contribution >= 4 is 23.0 Å². The number of hydrogen-bond donors (Lipinski definition) is 2. The highest BCUT2D eigenvalue weighted by atomic mass is 16.5. The molecule has 0 aliphatic rings. The maximum atomic E-state index is 11.4. The molecule has 2 heterocycles. The van der Waals surface area contributed by atoms with Crippen molar-refractivity contribution in [2.75, 3.05) is 7.05 Å². The Kier molecular flexibility index (Phi) is 4.33. The van der Waals surface area contributed by atoms with Gasteiger partial charge in [0.2, 0.25) is 11.8 Å². The summed E-state index contributed by atoms with van der Waals surface area (Å²) in [5.41, 5.74) is 2.52. The van der Waals surface area contributed by atoms with Gasteiger partial charge >= 0.3 is 0 Å². The van der Waals surface area contributed by atoms with E-state index in [0.717, 1.165) is 16.5 Å². The molecule has 1 aromatic carbocycles. The Bertz CT molecular complexity index is 840. The summed E-state index contributed by atoms with van der Waals surface area (Å²) in [7, 11) is 1.58. The number of aromatic amines is 1. The standard InChI is InChI=1S/C17H16N4O2/c1-18-14(22)8-7-13-9-19-16-15(13)17(21-11-20-16)23-10-12-5-3-2-4-6-12/h2-9,11H,10H2,1H3,(H,18,22)(H,19,20,21). The normalized spacial score (nSPS) is 11.0. The van der Waals surface area contributed by atoms with Gasteiger partial charge in [-0.25, -0.2) is 9.97 Å². The Morgan fingerprint density at radius 1 is 1.30 bits per heavy atom. The van der Waals surface area contributed by atoms with Crippen LogP contribution in [0.1, 0.15) is 11.1 Å². The molecule has 6 nitrogen and oxygen atoms in total. The van der Waals surface area contributed by atoms with Gasteiger partial charge in [-0.2, -0.15) is 0 Å². The number of aromatic nitrogens is 3. The summed E-state index contributed by atoms with van der Waals surface area (Å²) < 4.78 is 5.83. The van der Waals surface area contributed by atoms with Gasteiger partial charge in [-0.1, -0.05) is 30.3 Å². The lowest BCUT2D eigenvalue weighted by Crippen LogP contribution is -2.13. The molecule has 6 heteroatoms. The maximum Gasteiger partial charge on any atom is 0.243 e. The van der Waals surface area contributed by atoms with Gasteiger partial charge in [0.1, 0.15) is 18.6 Å². The SMILES string of the molecule is CNC(=O)C=Cc1c[nH]c2ncnc(OCc3ccccc3)c12. The number of ether oxygens (including phenoxy) is 1. The van der Waals surface area contributed by atoms with Crippen molar-refractivity contribution < 1.29 is 9.53 Å². The monoisotopic (exact) mass is 308 g/mol. The summed E-state index contributed by atoms with van der Waals surface area (Å²) in [5.74, 6) is 0.305. The molecule has 0 radical (unpaired) electrons. The number of hydrogen-bond acceptors (Lipinski definition) is 4. The summed E-state index contributed by atoms with van der Waals surface area (Å²) in [6.07, 6.45) is 6.38. The first-order chi connectivity index (χ1) is 11.3.